The molecule has 5 rings (SSSR count). The van der Waals surface area contributed by atoms with Crippen LogP contribution in [0.15, 0.2) is 21.5 Å². The third kappa shape index (κ3) is 4.24. The number of carbonyl (C=O) groups is 1. The van der Waals surface area contributed by atoms with Crippen molar-refractivity contribution in [2.75, 3.05) is 31.1 Å². The van der Waals surface area contributed by atoms with Gasteiger partial charge in [0.1, 0.15) is 11.6 Å². The summed E-state index contributed by atoms with van der Waals surface area (Å²) in [6.45, 7) is 6.15. The highest BCUT2D eigenvalue weighted by Crippen LogP contribution is 2.25. The van der Waals surface area contributed by atoms with E-state index in [4.69, 9.17) is 14.4 Å². The third-order valence-corrected chi connectivity index (χ3v) is 4.65. The number of rotatable bonds is 1. The molecule has 0 atom stereocenters. The molecule has 11 heteroatoms. The van der Waals surface area contributed by atoms with Gasteiger partial charge < -0.3 is 19.4 Å². The van der Waals surface area contributed by atoms with E-state index in [-0.39, 0.29) is 5.56 Å². The minimum atomic E-state index is -5.08. The molecule has 3 aliphatic heterocycles. The van der Waals surface area contributed by atoms with Crippen molar-refractivity contribution in [2.24, 2.45) is 0 Å². The summed E-state index contributed by atoms with van der Waals surface area (Å²) < 4.78 is 38.3. The largest absolute Gasteiger partial charge is 0.490 e. The number of nitrogens with zero attached hydrogens (tertiary/aromatic N) is 4. The van der Waals surface area contributed by atoms with Crippen molar-refractivity contribution in [2.45, 2.75) is 32.0 Å². The molecule has 3 fully saturated rings. The molecule has 5 heterocycles. The predicted molar refractivity (Wildman–Crippen MR) is 89.0 cm³/mol. The normalized spacial score (nSPS) is 22.3. The molecule has 0 radical (unpaired) electrons. The second-order valence-electron chi connectivity index (χ2n) is 6.52. The van der Waals surface area contributed by atoms with Crippen molar-refractivity contribution < 1.29 is 27.6 Å². The molecule has 0 amide bonds. The van der Waals surface area contributed by atoms with Gasteiger partial charge in [-0.3, -0.25) is 4.79 Å². The van der Waals surface area contributed by atoms with Crippen molar-refractivity contribution in [3.8, 4) is 0 Å². The SMILES string of the molecule is Cc1cc2nc(N3CCN4CCC3CC4)cc(=O)n2o1.O=C(O)C(F)(F)F. The number of anilines is 1. The Balaban J connectivity index is 0.000000260. The fraction of sp³-hybridized carbons (Fsp3) is 0.562. The van der Waals surface area contributed by atoms with Gasteiger partial charge >= 0.3 is 12.1 Å². The third-order valence-electron chi connectivity index (χ3n) is 4.65. The Labute approximate surface area is 151 Å². The van der Waals surface area contributed by atoms with Gasteiger partial charge in [0.05, 0.1) is 0 Å². The molecule has 0 aromatic carbocycles. The molecule has 8 nitrogen and oxygen atoms in total. The van der Waals surface area contributed by atoms with Gasteiger partial charge in [-0.15, -0.1) is 4.57 Å². The lowest BCUT2D eigenvalue weighted by molar-refractivity contribution is -0.192. The highest BCUT2D eigenvalue weighted by atomic mass is 19.4. The fourth-order valence-corrected chi connectivity index (χ4v) is 3.35. The zero-order valence-electron chi connectivity index (χ0n) is 14.6. The maximum absolute atomic E-state index is 12.1. The predicted octanol–water partition coefficient (Wildman–Crippen LogP) is 1.51. The fourth-order valence-electron chi connectivity index (χ4n) is 3.35. The Kier molecular flexibility index (Phi) is 5.13. The van der Waals surface area contributed by atoms with E-state index in [9.17, 15) is 18.0 Å². The Bertz CT molecular complexity index is 884. The van der Waals surface area contributed by atoms with Crippen LogP contribution in [-0.4, -0.2) is 63.9 Å². The maximum Gasteiger partial charge on any atom is 0.490 e. The number of hydrogen-bond donors (Lipinski definition) is 1. The quantitative estimate of drug-likeness (QED) is 0.792. The van der Waals surface area contributed by atoms with Crippen LogP contribution in [0, 0.1) is 6.92 Å². The Hall–Kier alpha value is -2.56. The van der Waals surface area contributed by atoms with Crippen molar-refractivity contribution in [1.29, 1.82) is 0 Å². The number of aryl methyl sites for hydroxylation is 1. The summed E-state index contributed by atoms with van der Waals surface area (Å²) in [4.78, 5) is 30.4. The number of alkyl halides is 3. The molecule has 2 aromatic heterocycles. The van der Waals surface area contributed by atoms with Gasteiger partial charge in [0.15, 0.2) is 5.65 Å². The van der Waals surface area contributed by atoms with E-state index in [1.54, 1.807) is 6.07 Å². The number of aromatic nitrogens is 2. The van der Waals surface area contributed by atoms with Gasteiger partial charge in [-0.2, -0.15) is 13.2 Å². The number of carboxylic acid groups (broad SMARTS) is 1. The van der Waals surface area contributed by atoms with Crippen LogP contribution in [0.2, 0.25) is 0 Å². The lowest BCUT2D eigenvalue weighted by Gasteiger charge is -2.31. The van der Waals surface area contributed by atoms with Crippen LogP contribution < -0.4 is 10.5 Å². The van der Waals surface area contributed by atoms with Gasteiger partial charge in [0.2, 0.25) is 0 Å². The standard InChI is InChI=1S/C14H18N4O2.C2HF3O2/c1-10-8-13-15-12(9-14(19)18(13)20-10)17-7-6-16-4-2-11(17)3-5-16;3-2(4,5)1(6)7/h8-9,11H,2-7H2,1H3;(H,6,7). The molecule has 3 saturated heterocycles. The number of hydrogen-bond acceptors (Lipinski definition) is 6. The Morgan fingerprint density at radius 2 is 1.85 bits per heavy atom. The van der Waals surface area contributed by atoms with Gasteiger partial charge in [0.25, 0.3) is 5.56 Å². The van der Waals surface area contributed by atoms with Gasteiger partial charge in [-0.25, -0.2) is 9.78 Å². The number of halogens is 3. The second kappa shape index (κ2) is 7.22. The molecule has 2 aromatic rings. The molecule has 0 saturated carbocycles. The summed E-state index contributed by atoms with van der Waals surface area (Å²) in [6, 6.07) is 3.92. The molecule has 0 spiro atoms. The molecule has 0 unspecified atom stereocenters. The average Bonchev–Trinajstić information content (AvgIpc) is 2.76. The van der Waals surface area contributed by atoms with E-state index >= 15 is 0 Å². The van der Waals surface area contributed by atoms with Crippen LogP contribution in [0.5, 0.6) is 0 Å². The molecular weight excluding hydrogens is 369 g/mol. The highest BCUT2D eigenvalue weighted by Gasteiger charge is 2.38. The van der Waals surface area contributed by atoms with Crippen LogP contribution >= 0.6 is 0 Å². The molecule has 2 bridgehead atoms. The van der Waals surface area contributed by atoms with Crippen molar-refractivity contribution in [1.82, 2.24) is 14.5 Å². The van der Waals surface area contributed by atoms with E-state index < -0.39 is 12.1 Å². The summed E-state index contributed by atoms with van der Waals surface area (Å²) in [5.41, 5.74) is 0.460. The summed E-state index contributed by atoms with van der Waals surface area (Å²) in [6.07, 6.45) is -2.77. The summed E-state index contributed by atoms with van der Waals surface area (Å²) in [7, 11) is 0. The van der Waals surface area contributed by atoms with Crippen LogP contribution in [0.4, 0.5) is 19.0 Å². The molecular formula is C16H19F3N4O4. The van der Waals surface area contributed by atoms with Crippen molar-refractivity contribution in [3.63, 3.8) is 0 Å². The van der Waals surface area contributed by atoms with Gasteiger partial charge in [-0.05, 0) is 19.8 Å². The first kappa shape index (κ1) is 19.2. The first-order valence-corrected chi connectivity index (χ1v) is 8.45. The first-order valence-electron chi connectivity index (χ1n) is 8.45. The molecule has 27 heavy (non-hydrogen) atoms. The van der Waals surface area contributed by atoms with E-state index in [1.807, 2.05) is 13.0 Å². The van der Waals surface area contributed by atoms with E-state index in [0.717, 1.165) is 44.8 Å². The minimum absolute atomic E-state index is 0.141. The van der Waals surface area contributed by atoms with Crippen molar-refractivity contribution >= 4 is 17.4 Å². The lowest BCUT2D eigenvalue weighted by atomic mass is 10.1. The average molecular weight is 388 g/mol. The monoisotopic (exact) mass is 388 g/mol. The van der Waals surface area contributed by atoms with E-state index in [2.05, 4.69) is 14.8 Å². The Morgan fingerprint density at radius 3 is 2.44 bits per heavy atom. The molecule has 148 valence electrons. The topological polar surface area (TPSA) is 91.3 Å². The first-order chi connectivity index (χ1) is 12.6. The van der Waals surface area contributed by atoms with E-state index in [1.165, 1.54) is 4.57 Å². The smallest absolute Gasteiger partial charge is 0.475 e. The minimum Gasteiger partial charge on any atom is -0.475 e. The summed E-state index contributed by atoms with van der Waals surface area (Å²) in [5.74, 6) is -1.26. The zero-order chi connectivity index (χ0) is 19.8. The number of fused-ring (bicyclic) bond motifs is 5. The van der Waals surface area contributed by atoms with Crippen LogP contribution in [0.25, 0.3) is 5.65 Å². The number of piperidine rings is 1. The summed E-state index contributed by atoms with van der Waals surface area (Å²) in [5, 5.41) is 7.12. The number of aliphatic carboxylic acids is 1. The van der Waals surface area contributed by atoms with Gasteiger partial charge in [-0.1, -0.05) is 0 Å². The van der Waals surface area contributed by atoms with Crippen molar-refractivity contribution in [3.05, 3.63) is 28.2 Å². The molecule has 0 aliphatic carbocycles. The maximum atomic E-state index is 12.1. The van der Waals surface area contributed by atoms with Gasteiger partial charge in [0, 0.05) is 44.4 Å². The highest BCUT2D eigenvalue weighted by molar-refractivity contribution is 5.73. The van der Waals surface area contributed by atoms with Crippen LogP contribution in [-0.2, 0) is 4.79 Å². The molecule has 1 N–H and O–H groups in total. The van der Waals surface area contributed by atoms with Crippen LogP contribution in [0.1, 0.15) is 18.6 Å². The number of carboxylic acids is 1. The summed E-state index contributed by atoms with van der Waals surface area (Å²) >= 11 is 0. The second-order valence-corrected chi connectivity index (χ2v) is 6.52. The lowest BCUT2D eigenvalue weighted by Crippen LogP contribution is -2.38. The Morgan fingerprint density at radius 1 is 1.22 bits per heavy atom. The van der Waals surface area contributed by atoms with Crippen LogP contribution in [0.3, 0.4) is 0 Å². The zero-order valence-corrected chi connectivity index (χ0v) is 14.6. The molecule has 3 aliphatic rings. The van der Waals surface area contributed by atoms with E-state index in [0.29, 0.717) is 17.4 Å².